The Labute approximate surface area is 184 Å². The summed E-state index contributed by atoms with van der Waals surface area (Å²) in [7, 11) is 0. The number of hydrogen-bond donors (Lipinski definition) is 1. The summed E-state index contributed by atoms with van der Waals surface area (Å²) in [5, 5.41) is 2.85. The van der Waals surface area contributed by atoms with E-state index in [-0.39, 0.29) is 23.8 Å². The van der Waals surface area contributed by atoms with Gasteiger partial charge in [-0.2, -0.15) is 0 Å². The van der Waals surface area contributed by atoms with E-state index in [1.54, 1.807) is 11.8 Å². The van der Waals surface area contributed by atoms with Gasteiger partial charge in [0.05, 0.1) is 0 Å². The molecule has 4 fully saturated rings. The average molecular weight is 434 g/mol. The van der Waals surface area contributed by atoms with Gasteiger partial charge in [0.2, 0.25) is 5.91 Å². The van der Waals surface area contributed by atoms with Crippen molar-refractivity contribution in [3.8, 4) is 0 Å². The van der Waals surface area contributed by atoms with Crippen molar-refractivity contribution in [3.63, 3.8) is 0 Å². The van der Waals surface area contributed by atoms with Gasteiger partial charge >= 0.3 is 12.0 Å². The molecule has 4 amide bonds. The molecular weight excluding hydrogens is 398 g/mol. The highest BCUT2D eigenvalue weighted by Gasteiger charge is 2.57. The maximum absolute atomic E-state index is 13.7. The Morgan fingerprint density at radius 2 is 1.74 bits per heavy atom. The SMILES string of the molecule is C[C@H](C(=O)N1[C@H](C(=O)OC(C)(C)C)C[C@@H]2CCCC[C@@H]21)N1C(=O)NC2(CCCC2)C1=O. The Kier molecular flexibility index (Phi) is 5.54. The van der Waals surface area contributed by atoms with Crippen LogP contribution < -0.4 is 5.32 Å². The summed E-state index contributed by atoms with van der Waals surface area (Å²) >= 11 is 0. The first kappa shape index (κ1) is 22.1. The molecule has 0 radical (unpaired) electrons. The molecule has 0 aromatic carbocycles. The summed E-state index contributed by atoms with van der Waals surface area (Å²) in [4.78, 5) is 55.4. The first-order valence-electron chi connectivity index (χ1n) is 11.7. The van der Waals surface area contributed by atoms with Gasteiger partial charge in [0.1, 0.15) is 23.2 Å². The minimum atomic E-state index is -0.946. The summed E-state index contributed by atoms with van der Waals surface area (Å²) in [6.45, 7) is 7.05. The minimum absolute atomic E-state index is 0.0394. The molecule has 2 saturated carbocycles. The Balaban J connectivity index is 1.58. The Morgan fingerprint density at radius 1 is 1.10 bits per heavy atom. The van der Waals surface area contributed by atoms with Gasteiger partial charge in [-0.1, -0.05) is 25.7 Å². The van der Waals surface area contributed by atoms with E-state index in [0.717, 1.165) is 43.4 Å². The molecule has 0 bridgehead atoms. The lowest BCUT2D eigenvalue weighted by Gasteiger charge is -2.37. The number of fused-ring (bicyclic) bond motifs is 1. The van der Waals surface area contributed by atoms with E-state index in [1.165, 1.54) is 0 Å². The number of carbonyl (C=O) groups excluding carboxylic acids is 4. The molecule has 2 aliphatic carbocycles. The number of esters is 1. The molecular formula is C23H35N3O5. The Bertz CT molecular complexity index is 783. The predicted octanol–water partition coefficient (Wildman–Crippen LogP) is 2.74. The molecule has 2 saturated heterocycles. The molecule has 172 valence electrons. The molecule has 1 N–H and O–H groups in total. The predicted molar refractivity (Wildman–Crippen MR) is 113 cm³/mol. The van der Waals surface area contributed by atoms with Gasteiger partial charge in [-0.3, -0.25) is 9.59 Å². The molecule has 0 aromatic rings. The number of imide groups is 1. The van der Waals surface area contributed by atoms with E-state index >= 15 is 0 Å². The number of hydrogen-bond acceptors (Lipinski definition) is 5. The number of amides is 4. The number of carbonyl (C=O) groups is 4. The van der Waals surface area contributed by atoms with E-state index in [2.05, 4.69) is 5.32 Å². The van der Waals surface area contributed by atoms with Crippen molar-refractivity contribution in [3.05, 3.63) is 0 Å². The molecule has 2 aliphatic heterocycles. The fourth-order valence-electron chi connectivity index (χ4n) is 5.99. The number of nitrogens with one attached hydrogen (secondary N) is 1. The van der Waals surface area contributed by atoms with Gasteiger partial charge in [0.15, 0.2) is 0 Å². The number of rotatable bonds is 3. The van der Waals surface area contributed by atoms with Crippen LogP contribution in [-0.2, 0) is 19.1 Å². The Morgan fingerprint density at radius 3 is 2.39 bits per heavy atom. The van der Waals surface area contributed by atoms with E-state index in [4.69, 9.17) is 4.74 Å². The van der Waals surface area contributed by atoms with Gasteiger partial charge in [0.25, 0.3) is 5.91 Å². The van der Waals surface area contributed by atoms with Crippen LogP contribution in [0.15, 0.2) is 0 Å². The lowest BCUT2D eigenvalue weighted by atomic mass is 9.84. The van der Waals surface area contributed by atoms with Crippen molar-refractivity contribution in [2.45, 2.75) is 115 Å². The van der Waals surface area contributed by atoms with Crippen molar-refractivity contribution in [1.82, 2.24) is 15.1 Å². The number of ether oxygens (including phenoxy) is 1. The van der Waals surface area contributed by atoms with Crippen LogP contribution >= 0.6 is 0 Å². The van der Waals surface area contributed by atoms with Crippen LogP contribution in [-0.4, -0.2) is 62.9 Å². The zero-order valence-corrected chi connectivity index (χ0v) is 19.1. The monoisotopic (exact) mass is 433 g/mol. The van der Waals surface area contributed by atoms with Gasteiger partial charge in [0, 0.05) is 6.04 Å². The lowest BCUT2D eigenvalue weighted by molar-refractivity contribution is -0.165. The van der Waals surface area contributed by atoms with Crippen LogP contribution in [0.4, 0.5) is 4.79 Å². The fourth-order valence-corrected chi connectivity index (χ4v) is 5.99. The van der Waals surface area contributed by atoms with Gasteiger partial charge in [-0.05, 0) is 65.7 Å². The molecule has 8 nitrogen and oxygen atoms in total. The number of urea groups is 1. The summed E-state index contributed by atoms with van der Waals surface area (Å²) in [6.07, 6.45) is 7.51. The van der Waals surface area contributed by atoms with Crippen LogP contribution in [0.25, 0.3) is 0 Å². The van der Waals surface area contributed by atoms with Gasteiger partial charge < -0.3 is 15.0 Å². The lowest BCUT2D eigenvalue weighted by Crippen LogP contribution is -2.56. The maximum Gasteiger partial charge on any atom is 0.329 e. The second-order valence-electron chi connectivity index (χ2n) is 10.7. The highest BCUT2D eigenvalue weighted by molar-refractivity contribution is 6.10. The molecule has 4 rings (SSSR count). The third-order valence-electron chi connectivity index (χ3n) is 7.42. The molecule has 4 atom stereocenters. The standard InChI is InChI=1S/C23H35N3O5/c1-14(25-20(29)23(24-21(25)30)11-7-8-12-23)18(27)26-16-10-6-5-9-15(16)13-17(26)19(28)31-22(2,3)4/h14-17H,5-13H2,1-4H3,(H,24,30)/t14-,15+,16+,17+/m1/s1. The largest absolute Gasteiger partial charge is 0.458 e. The molecule has 8 heteroatoms. The first-order chi connectivity index (χ1) is 14.5. The third kappa shape index (κ3) is 3.82. The molecule has 0 aromatic heterocycles. The van der Waals surface area contributed by atoms with Crippen molar-refractivity contribution >= 4 is 23.8 Å². The fraction of sp³-hybridized carbons (Fsp3) is 0.826. The maximum atomic E-state index is 13.7. The smallest absolute Gasteiger partial charge is 0.329 e. The number of likely N-dealkylation sites (tertiary alicyclic amines) is 1. The van der Waals surface area contributed by atoms with Crippen molar-refractivity contribution in [2.75, 3.05) is 0 Å². The molecule has 1 spiro atoms. The van der Waals surface area contributed by atoms with Crippen LogP contribution in [0.5, 0.6) is 0 Å². The van der Waals surface area contributed by atoms with Gasteiger partial charge in [-0.15, -0.1) is 0 Å². The van der Waals surface area contributed by atoms with E-state index in [1.807, 2.05) is 20.8 Å². The van der Waals surface area contributed by atoms with Crippen molar-refractivity contribution in [1.29, 1.82) is 0 Å². The summed E-state index contributed by atoms with van der Waals surface area (Å²) < 4.78 is 5.64. The van der Waals surface area contributed by atoms with Crippen molar-refractivity contribution in [2.24, 2.45) is 5.92 Å². The van der Waals surface area contributed by atoms with Crippen LogP contribution in [0.3, 0.4) is 0 Å². The zero-order chi connectivity index (χ0) is 22.6. The molecule has 2 heterocycles. The molecule has 0 unspecified atom stereocenters. The first-order valence-corrected chi connectivity index (χ1v) is 11.7. The highest BCUT2D eigenvalue weighted by Crippen LogP contribution is 2.42. The Hall–Kier alpha value is -2.12. The van der Waals surface area contributed by atoms with Crippen molar-refractivity contribution < 1.29 is 23.9 Å². The average Bonchev–Trinajstić information content (AvgIpc) is 3.36. The summed E-state index contributed by atoms with van der Waals surface area (Å²) in [5.74, 6) is -0.772. The second kappa shape index (κ2) is 7.78. The van der Waals surface area contributed by atoms with Crippen LogP contribution in [0.2, 0.25) is 0 Å². The summed E-state index contributed by atoms with van der Waals surface area (Å²) in [5.41, 5.74) is -1.50. The van der Waals surface area contributed by atoms with Gasteiger partial charge in [-0.25, -0.2) is 14.5 Å². The zero-order valence-electron chi connectivity index (χ0n) is 19.1. The second-order valence-corrected chi connectivity index (χ2v) is 10.7. The van der Waals surface area contributed by atoms with E-state index in [9.17, 15) is 19.2 Å². The molecule has 4 aliphatic rings. The van der Waals surface area contributed by atoms with Crippen LogP contribution in [0, 0.1) is 5.92 Å². The normalized spacial score (nSPS) is 31.0. The quantitative estimate of drug-likeness (QED) is 0.545. The topological polar surface area (TPSA) is 96.0 Å². The number of nitrogens with zero attached hydrogens (tertiary/aromatic N) is 2. The molecule has 31 heavy (non-hydrogen) atoms. The minimum Gasteiger partial charge on any atom is -0.458 e. The van der Waals surface area contributed by atoms with E-state index < -0.39 is 35.2 Å². The summed E-state index contributed by atoms with van der Waals surface area (Å²) in [6, 6.07) is -2.15. The highest BCUT2D eigenvalue weighted by atomic mass is 16.6. The third-order valence-corrected chi connectivity index (χ3v) is 7.42. The van der Waals surface area contributed by atoms with E-state index in [0.29, 0.717) is 19.3 Å². The van der Waals surface area contributed by atoms with Crippen LogP contribution in [0.1, 0.15) is 85.5 Å².